The fourth-order valence-electron chi connectivity index (χ4n) is 1.28. The number of hydrogen-bond acceptors (Lipinski definition) is 5. The molecule has 0 unspecified atom stereocenters. The highest BCUT2D eigenvalue weighted by atomic mass is 32.2. The number of rotatable bonds is 4. The number of benzene rings is 1. The van der Waals surface area contributed by atoms with Crippen LogP contribution in [0, 0.1) is 17.5 Å². The Bertz CT molecular complexity index is 622. The van der Waals surface area contributed by atoms with Crippen LogP contribution in [0.3, 0.4) is 0 Å². The monoisotopic (exact) mass is 319 g/mol. The molecular weight excluding hydrogens is 311 g/mol. The van der Waals surface area contributed by atoms with E-state index < -0.39 is 34.3 Å². The second kappa shape index (κ2) is 6.23. The number of hydrogen-bond donors (Lipinski definition) is 1. The molecule has 1 aromatic carbocycles. The first kappa shape index (κ1) is 14.8. The number of carbonyl (C=O) groups excluding carboxylic acids is 1. The average Bonchev–Trinajstić information content (AvgIpc) is 2.92. The van der Waals surface area contributed by atoms with Crippen LogP contribution in [0.2, 0.25) is 0 Å². The van der Waals surface area contributed by atoms with E-state index in [2.05, 4.69) is 15.5 Å². The van der Waals surface area contributed by atoms with Gasteiger partial charge in [-0.15, -0.1) is 10.2 Å². The van der Waals surface area contributed by atoms with E-state index in [0.717, 1.165) is 23.9 Å². The van der Waals surface area contributed by atoms with Crippen LogP contribution in [0.25, 0.3) is 0 Å². The van der Waals surface area contributed by atoms with E-state index >= 15 is 0 Å². The molecule has 1 heterocycles. The molecule has 0 fully saturated rings. The third-order valence-electron chi connectivity index (χ3n) is 2.28. The van der Waals surface area contributed by atoms with Gasteiger partial charge < -0.3 is 5.32 Å². The summed E-state index contributed by atoms with van der Waals surface area (Å²) in [5.74, 6) is -4.90. The highest BCUT2D eigenvalue weighted by Gasteiger charge is 2.20. The molecule has 0 spiro atoms. The molecule has 106 valence electrons. The summed E-state index contributed by atoms with van der Waals surface area (Å²) in [4.78, 5) is 11.8. The van der Waals surface area contributed by atoms with Gasteiger partial charge in [0, 0.05) is 0 Å². The zero-order valence-corrected chi connectivity index (χ0v) is 11.7. The highest BCUT2D eigenvalue weighted by Crippen LogP contribution is 2.26. The van der Waals surface area contributed by atoms with Crippen molar-refractivity contribution in [2.45, 2.75) is 16.5 Å². The van der Waals surface area contributed by atoms with E-state index in [1.165, 1.54) is 16.8 Å². The summed E-state index contributed by atoms with van der Waals surface area (Å²) in [6, 6.07) is 1.71. The Morgan fingerprint density at radius 2 is 2.10 bits per heavy atom. The van der Waals surface area contributed by atoms with E-state index in [0.29, 0.717) is 4.34 Å². The summed E-state index contributed by atoms with van der Waals surface area (Å²) in [6.07, 6.45) is 0. The molecule has 1 N–H and O–H groups in total. The summed E-state index contributed by atoms with van der Waals surface area (Å²) in [5.41, 5.74) is 1.11. The molecule has 0 aliphatic carbocycles. The molecule has 1 atom stereocenters. The summed E-state index contributed by atoms with van der Waals surface area (Å²) < 4.78 is 39.8. The number of nitrogens with zero attached hydrogens (tertiary/aromatic N) is 2. The number of anilines is 1. The minimum Gasteiger partial charge on any atom is -0.323 e. The van der Waals surface area contributed by atoms with Gasteiger partial charge in [-0.1, -0.05) is 23.1 Å². The first-order valence-electron chi connectivity index (χ1n) is 5.36. The van der Waals surface area contributed by atoms with Gasteiger partial charge in [-0.25, -0.2) is 13.2 Å². The first-order valence-corrected chi connectivity index (χ1v) is 7.12. The van der Waals surface area contributed by atoms with Crippen molar-refractivity contribution >= 4 is 34.7 Å². The fraction of sp³-hybridized carbons (Fsp3) is 0.182. The molecule has 4 nitrogen and oxygen atoms in total. The normalized spacial score (nSPS) is 12.2. The molecule has 0 aliphatic rings. The van der Waals surface area contributed by atoms with Gasteiger partial charge in [0.15, 0.2) is 21.8 Å². The molecule has 2 aromatic rings. The third kappa shape index (κ3) is 3.28. The van der Waals surface area contributed by atoms with Crippen molar-refractivity contribution in [1.29, 1.82) is 0 Å². The van der Waals surface area contributed by atoms with Gasteiger partial charge in [-0.3, -0.25) is 4.79 Å². The lowest BCUT2D eigenvalue weighted by Gasteiger charge is -2.11. The molecule has 0 aliphatic heterocycles. The molecule has 20 heavy (non-hydrogen) atoms. The van der Waals surface area contributed by atoms with Crippen LogP contribution >= 0.6 is 23.1 Å². The Kier molecular flexibility index (Phi) is 4.61. The standard InChI is InChI=1S/C11H8F3N3OS2/c1-5(20-11-17-15-4-19-11)10(18)16-7-3-2-6(12)8(13)9(7)14/h2-5H,1H3,(H,16,18)/t5-/m0/s1. The van der Waals surface area contributed by atoms with Gasteiger partial charge in [0.1, 0.15) is 5.51 Å². The van der Waals surface area contributed by atoms with Crippen molar-refractivity contribution < 1.29 is 18.0 Å². The lowest BCUT2D eigenvalue weighted by molar-refractivity contribution is -0.115. The number of halogens is 3. The first-order chi connectivity index (χ1) is 9.49. The minimum absolute atomic E-state index is 0.404. The zero-order chi connectivity index (χ0) is 14.7. The molecule has 0 saturated heterocycles. The molecule has 0 bridgehead atoms. The number of carbonyl (C=O) groups is 1. The second-order valence-corrected chi connectivity index (χ2v) is 6.10. The predicted molar refractivity (Wildman–Crippen MR) is 70.2 cm³/mol. The molecular formula is C11H8F3N3OS2. The predicted octanol–water partition coefficient (Wildman–Crippen LogP) is 3.07. The van der Waals surface area contributed by atoms with Crippen LogP contribution < -0.4 is 5.32 Å². The molecule has 9 heteroatoms. The maximum Gasteiger partial charge on any atom is 0.237 e. The van der Waals surface area contributed by atoms with Gasteiger partial charge in [0.05, 0.1) is 10.9 Å². The van der Waals surface area contributed by atoms with Crippen molar-refractivity contribution in [1.82, 2.24) is 10.2 Å². The lowest BCUT2D eigenvalue weighted by Crippen LogP contribution is -2.23. The quantitative estimate of drug-likeness (QED) is 0.695. The maximum absolute atomic E-state index is 13.4. The van der Waals surface area contributed by atoms with Crippen LogP contribution in [0.5, 0.6) is 0 Å². The number of thioether (sulfide) groups is 1. The lowest BCUT2D eigenvalue weighted by atomic mass is 10.2. The van der Waals surface area contributed by atoms with Crippen molar-refractivity contribution in [3.05, 3.63) is 35.1 Å². The van der Waals surface area contributed by atoms with E-state index in [9.17, 15) is 18.0 Å². The van der Waals surface area contributed by atoms with Gasteiger partial charge in [0.25, 0.3) is 0 Å². The number of amides is 1. The molecule has 0 saturated carbocycles. The molecule has 1 aromatic heterocycles. The van der Waals surface area contributed by atoms with E-state index in [1.807, 2.05) is 0 Å². The van der Waals surface area contributed by atoms with Gasteiger partial charge >= 0.3 is 0 Å². The van der Waals surface area contributed by atoms with Crippen molar-refractivity contribution in [2.75, 3.05) is 5.32 Å². The molecule has 0 radical (unpaired) electrons. The topological polar surface area (TPSA) is 54.9 Å². The van der Waals surface area contributed by atoms with Crippen LogP contribution in [0.1, 0.15) is 6.92 Å². The smallest absolute Gasteiger partial charge is 0.237 e. The Labute approximate surface area is 120 Å². The van der Waals surface area contributed by atoms with Crippen molar-refractivity contribution in [2.24, 2.45) is 0 Å². The van der Waals surface area contributed by atoms with Crippen LogP contribution in [-0.2, 0) is 4.79 Å². The Hall–Kier alpha value is -1.61. The maximum atomic E-state index is 13.4. The van der Waals surface area contributed by atoms with Gasteiger partial charge in [-0.05, 0) is 19.1 Å². The highest BCUT2D eigenvalue weighted by molar-refractivity contribution is 8.02. The SMILES string of the molecule is C[C@H](Sc1nncs1)C(=O)Nc1ccc(F)c(F)c1F. The average molecular weight is 319 g/mol. The molecule has 2 rings (SSSR count). The fourth-order valence-corrected chi connectivity index (χ4v) is 2.90. The van der Waals surface area contributed by atoms with Crippen LogP contribution in [0.15, 0.2) is 22.0 Å². The second-order valence-electron chi connectivity index (χ2n) is 3.68. The zero-order valence-electron chi connectivity index (χ0n) is 10.1. The number of nitrogens with one attached hydrogen (secondary N) is 1. The summed E-state index contributed by atoms with van der Waals surface area (Å²) >= 11 is 2.39. The van der Waals surface area contributed by atoms with Crippen molar-refractivity contribution in [3.8, 4) is 0 Å². The van der Waals surface area contributed by atoms with Crippen LogP contribution in [-0.4, -0.2) is 21.4 Å². The van der Waals surface area contributed by atoms with Gasteiger partial charge in [0.2, 0.25) is 5.91 Å². The van der Waals surface area contributed by atoms with E-state index in [1.54, 1.807) is 6.92 Å². The van der Waals surface area contributed by atoms with Crippen LogP contribution in [0.4, 0.5) is 18.9 Å². The number of aromatic nitrogens is 2. The van der Waals surface area contributed by atoms with E-state index in [-0.39, 0.29) is 0 Å². The Balaban J connectivity index is 2.06. The molecule has 1 amide bonds. The van der Waals surface area contributed by atoms with Crippen molar-refractivity contribution in [3.63, 3.8) is 0 Å². The van der Waals surface area contributed by atoms with E-state index in [4.69, 9.17) is 0 Å². The Morgan fingerprint density at radius 3 is 2.75 bits per heavy atom. The largest absolute Gasteiger partial charge is 0.323 e. The minimum atomic E-state index is -1.62. The van der Waals surface area contributed by atoms with Gasteiger partial charge in [-0.2, -0.15) is 0 Å². The summed E-state index contributed by atoms with van der Waals surface area (Å²) in [7, 11) is 0. The Morgan fingerprint density at radius 1 is 1.35 bits per heavy atom. The third-order valence-corrected chi connectivity index (χ3v) is 4.19. The summed E-state index contributed by atoms with van der Waals surface area (Å²) in [6.45, 7) is 1.58. The summed E-state index contributed by atoms with van der Waals surface area (Å²) in [5, 5.41) is 8.99.